The fourth-order valence-corrected chi connectivity index (χ4v) is 2.53. The maximum absolute atomic E-state index is 13.3. The van der Waals surface area contributed by atoms with Gasteiger partial charge < -0.3 is 9.72 Å². The molecule has 0 atom stereocenters. The van der Waals surface area contributed by atoms with Crippen molar-refractivity contribution in [2.45, 2.75) is 0 Å². The van der Waals surface area contributed by atoms with Gasteiger partial charge in [-0.15, -0.1) is 0 Å². The van der Waals surface area contributed by atoms with Crippen LogP contribution in [0.4, 0.5) is 4.39 Å². The number of aromatic nitrogens is 1. The molecule has 0 saturated carbocycles. The molecule has 0 unspecified atom stereocenters. The largest absolute Gasteiger partial charge is 0.497 e. The van der Waals surface area contributed by atoms with Crippen molar-refractivity contribution in [2.75, 3.05) is 7.11 Å². The summed E-state index contributed by atoms with van der Waals surface area (Å²) in [4.78, 5) is 15.6. The minimum Gasteiger partial charge on any atom is -0.497 e. The number of methoxy groups -OCH3 is 1. The molecule has 3 nitrogen and oxygen atoms in total. The summed E-state index contributed by atoms with van der Waals surface area (Å²) in [7, 11) is 1.57. The van der Waals surface area contributed by atoms with Crippen molar-refractivity contribution >= 4 is 17.4 Å². The third-order valence-corrected chi connectivity index (χ3v) is 3.86. The monoisotopic (exact) mass is 329 g/mol. The molecule has 0 aliphatic heterocycles. The molecule has 1 N–H and O–H groups in total. The predicted octanol–water partition coefficient (Wildman–Crippen LogP) is 4.71. The first-order valence-corrected chi connectivity index (χ1v) is 7.29. The Labute approximate surface area is 137 Å². The zero-order chi connectivity index (χ0) is 16.4. The number of benzene rings is 2. The maximum atomic E-state index is 13.3. The first-order valence-electron chi connectivity index (χ1n) is 6.91. The van der Waals surface area contributed by atoms with Crippen molar-refractivity contribution in [3.63, 3.8) is 0 Å². The lowest BCUT2D eigenvalue weighted by Gasteiger charge is -2.06. The maximum Gasteiger partial charge on any atom is 0.195 e. The van der Waals surface area contributed by atoms with Crippen molar-refractivity contribution < 1.29 is 13.9 Å². The van der Waals surface area contributed by atoms with Crippen molar-refractivity contribution in [1.82, 2.24) is 4.98 Å². The molecule has 5 heteroatoms. The van der Waals surface area contributed by atoms with Gasteiger partial charge >= 0.3 is 0 Å². The standard InChI is InChI=1S/C18H13ClFNO2/c1-23-13-5-2-11(3-6-13)18(22)15-10-21-9-14(15)12-4-7-17(20)16(19)8-12/h2-10,21H,1H3. The summed E-state index contributed by atoms with van der Waals surface area (Å²) in [5.74, 6) is 0.0551. The number of hydrogen-bond acceptors (Lipinski definition) is 2. The Morgan fingerprint density at radius 2 is 1.87 bits per heavy atom. The Kier molecular flexibility index (Phi) is 4.17. The zero-order valence-electron chi connectivity index (χ0n) is 12.3. The van der Waals surface area contributed by atoms with E-state index in [9.17, 15) is 9.18 Å². The van der Waals surface area contributed by atoms with Crippen LogP contribution in [0.1, 0.15) is 15.9 Å². The molecule has 0 bridgehead atoms. The second-order valence-corrected chi connectivity index (χ2v) is 5.38. The predicted molar refractivity (Wildman–Crippen MR) is 87.6 cm³/mol. The Morgan fingerprint density at radius 1 is 1.13 bits per heavy atom. The summed E-state index contributed by atoms with van der Waals surface area (Å²) < 4.78 is 18.4. The summed E-state index contributed by atoms with van der Waals surface area (Å²) in [6, 6.07) is 11.3. The van der Waals surface area contributed by atoms with E-state index in [1.54, 1.807) is 49.8 Å². The third-order valence-electron chi connectivity index (χ3n) is 3.57. The third kappa shape index (κ3) is 2.98. The first kappa shape index (κ1) is 15.3. The molecule has 0 fully saturated rings. The number of nitrogens with one attached hydrogen (secondary N) is 1. The van der Waals surface area contributed by atoms with Crippen molar-refractivity contribution in [3.05, 3.63) is 76.8 Å². The van der Waals surface area contributed by atoms with Gasteiger partial charge in [0.2, 0.25) is 0 Å². The number of carbonyl (C=O) groups is 1. The number of ether oxygens (including phenoxy) is 1. The van der Waals surface area contributed by atoms with Crippen LogP contribution in [0, 0.1) is 5.82 Å². The van der Waals surface area contributed by atoms with Crippen LogP contribution in [0.15, 0.2) is 54.9 Å². The van der Waals surface area contributed by atoms with Gasteiger partial charge in [-0.1, -0.05) is 17.7 Å². The van der Waals surface area contributed by atoms with Crippen LogP contribution in [0.25, 0.3) is 11.1 Å². The van der Waals surface area contributed by atoms with Crippen molar-refractivity contribution in [3.8, 4) is 16.9 Å². The molecule has 1 aromatic heterocycles. The van der Waals surface area contributed by atoms with Crippen LogP contribution in [-0.2, 0) is 0 Å². The highest BCUT2D eigenvalue weighted by Crippen LogP contribution is 2.29. The van der Waals surface area contributed by atoms with E-state index >= 15 is 0 Å². The molecule has 0 radical (unpaired) electrons. The van der Waals surface area contributed by atoms with Gasteiger partial charge in [-0.25, -0.2) is 4.39 Å². The van der Waals surface area contributed by atoms with Gasteiger partial charge in [0, 0.05) is 29.1 Å². The molecule has 0 amide bonds. The van der Waals surface area contributed by atoms with E-state index in [0.717, 1.165) is 0 Å². The van der Waals surface area contributed by atoms with Gasteiger partial charge in [-0.3, -0.25) is 4.79 Å². The molecule has 3 rings (SSSR count). The topological polar surface area (TPSA) is 42.1 Å². The van der Waals surface area contributed by atoms with Crippen molar-refractivity contribution in [1.29, 1.82) is 0 Å². The molecule has 0 aliphatic rings. The molecule has 1 heterocycles. The smallest absolute Gasteiger partial charge is 0.195 e. The van der Waals surface area contributed by atoms with E-state index in [0.29, 0.717) is 28.0 Å². The Hall–Kier alpha value is -2.59. The minimum absolute atomic E-state index is 0.0200. The fraction of sp³-hybridized carbons (Fsp3) is 0.0556. The molecule has 0 spiro atoms. The van der Waals surface area contributed by atoms with Gasteiger partial charge in [0.15, 0.2) is 5.78 Å². The first-order chi connectivity index (χ1) is 11.1. The van der Waals surface area contributed by atoms with Crippen LogP contribution in [0.5, 0.6) is 5.75 Å². The summed E-state index contributed by atoms with van der Waals surface area (Å²) in [6.07, 6.45) is 3.32. The van der Waals surface area contributed by atoms with E-state index in [2.05, 4.69) is 4.98 Å². The van der Waals surface area contributed by atoms with E-state index in [1.807, 2.05) is 0 Å². The molecule has 0 saturated heterocycles. The number of halogens is 2. The molecule has 2 aromatic carbocycles. The minimum atomic E-state index is -0.492. The van der Waals surface area contributed by atoms with E-state index in [-0.39, 0.29) is 10.8 Å². The van der Waals surface area contributed by atoms with E-state index in [4.69, 9.17) is 16.3 Å². The Bertz CT molecular complexity index is 856. The van der Waals surface area contributed by atoms with Gasteiger partial charge in [0.1, 0.15) is 11.6 Å². The molecule has 3 aromatic rings. The van der Waals surface area contributed by atoms with Crippen LogP contribution < -0.4 is 4.74 Å². The van der Waals surface area contributed by atoms with Gasteiger partial charge in [-0.05, 0) is 42.0 Å². The lowest BCUT2D eigenvalue weighted by molar-refractivity contribution is 0.103. The van der Waals surface area contributed by atoms with Gasteiger partial charge in [-0.2, -0.15) is 0 Å². The highest BCUT2D eigenvalue weighted by Gasteiger charge is 2.16. The Balaban J connectivity index is 1.99. The van der Waals surface area contributed by atoms with E-state index < -0.39 is 5.82 Å². The van der Waals surface area contributed by atoms with E-state index in [1.165, 1.54) is 12.1 Å². The normalized spacial score (nSPS) is 10.6. The van der Waals surface area contributed by atoms with Crippen LogP contribution >= 0.6 is 11.6 Å². The highest BCUT2D eigenvalue weighted by atomic mass is 35.5. The van der Waals surface area contributed by atoms with Crippen LogP contribution in [0.3, 0.4) is 0 Å². The average molecular weight is 330 g/mol. The second kappa shape index (κ2) is 6.26. The highest BCUT2D eigenvalue weighted by molar-refractivity contribution is 6.31. The van der Waals surface area contributed by atoms with Crippen LogP contribution in [-0.4, -0.2) is 17.9 Å². The molecule has 23 heavy (non-hydrogen) atoms. The van der Waals surface area contributed by atoms with Crippen molar-refractivity contribution in [2.24, 2.45) is 0 Å². The number of hydrogen-bond donors (Lipinski definition) is 1. The lowest BCUT2D eigenvalue weighted by Crippen LogP contribution is -2.01. The summed E-state index contributed by atoms with van der Waals surface area (Å²) in [5.41, 5.74) is 2.39. The average Bonchev–Trinajstić information content (AvgIpc) is 3.06. The number of carbonyl (C=O) groups excluding carboxylic acids is 1. The number of rotatable bonds is 4. The number of H-pyrrole nitrogens is 1. The van der Waals surface area contributed by atoms with Gasteiger partial charge in [0.05, 0.1) is 12.1 Å². The number of ketones is 1. The summed E-state index contributed by atoms with van der Waals surface area (Å²) in [6.45, 7) is 0. The fourth-order valence-electron chi connectivity index (χ4n) is 2.35. The summed E-state index contributed by atoms with van der Waals surface area (Å²) in [5, 5.41) is 0.0200. The Morgan fingerprint density at radius 3 is 2.52 bits per heavy atom. The summed E-state index contributed by atoms with van der Waals surface area (Å²) >= 11 is 5.83. The quantitative estimate of drug-likeness (QED) is 0.704. The molecular formula is C18H13ClFNO2. The zero-order valence-corrected chi connectivity index (χ0v) is 13.0. The van der Waals surface area contributed by atoms with Crippen LogP contribution in [0.2, 0.25) is 5.02 Å². The molecule has 116 valence electrons. The second-order valence-electron chi connectivity index (χ2n) is 4.97. The lowest BCUT2D eigenvalue weighted by atomic mass is 9.98. The van der Waals surface area contributed by atoms with Gasteiger partial charge in [0.25, 0.3) is 0 Å². The SMILES string of the molecule is COc1ccc(C(=O)c2c[nH]cc2-c2ccc(F)c(Cl)c2)cc1. The number of aromatic amines is 1. The molecule has 0 aliphatic carbocycles. The molecular weight excluding hydrogens is 317 g/mol.